The van der Waals surface area contributed by atoms with Crippen LogP contribution in [0.2, 0.25) is 0 Å². The number of amides is 2. The zero-order valence-corrected chi connectivity index (χ0v) is 15.6. The average molecular weight is 396 g/mol. The number of fused-ring (bicyclic) bond motifs is 1. The van der Waals surface area contributed by atoms with E-state index in [1.807, 2.05) is 0 Å². The lowest BCUT2D eigenvalue weighted by Crippen LogP contribution is -2.47. The maximum Gasteiger partial charge on any atom is 0.336 e. The molecule has 150 valence electrons. The molecule has 1 heterocycles. The third kappa shape index (κ3) is 4.61. The van der Waals surface area contributed by atoms with Crippen molar-refractivity contribution in [1.29, 1.82) is 0 Å². The van der Waals surface area contributed by atoms with Crippen LogP contribution in [0.1, 0.15) is 17.2 Å². The molecule has 8 heteroatoms. The summed E-state index contributed by atoms with van der Waals surface area (Å²) in [6.07, 6.45) is -1.50. The number of nitrogens with one attached hydrogen (secondary N) is 1. The third-order valence-electron chi connectivity index (χ3n) is 4.48. The fraction of sp³-hybridized carbons (Fsp3) is 0.190. The molecule has 0 aliphatic heterocycles. The molecule has 3 aromatic rings. The van der Waals surface area contributed by atoms with E-state index in [0.717, 1.165) is 0 Å². The van der Waals surface area contributed by atoms with E-state index >= 15 is 0 Å². The molecule has 0 aliphatic carbocycles. The number of carbonyl (C=O) groups is 2. The van der Waals surface area contributed by atoms with Gasteiger partial charge in [0, 0.05) is 23.9 Å². The minimum atomic E-state index is -1.46. The van der Waals surface area contributed by atoms with Crippen LogP contribution < -0.4 is 21.4 Å². The standard InChI is InChI=1S/C21H20N2O6/c1-28-14-7-8-15-13(10-18(24)29-17(15)11-14)9-16(20(22)26)23-21(27)19(25)12-5-3-2-4-6-12/h2-8,10-11,16,19,25H,9H2,1H3,(H2,22,26)(H,23,27)/t16-,19+/m1/s1. The highest BCUT2D eigenvalue weighted by molar-refractivity contribution is 5.90. The number of aliphatic hydroxyl groups is 1. The van der Waals surface area contributed by atoms with E-state index in [4.69, 9.17) is 14.9 Å². The molecule has 0 fully saturated rings. The molecule has 3 rings (SSSR count). The second-order valence-corrected chi connectivity index (χ2v) is 6.43. The minimum absolute atomic E-state index is 0.0446. The van der Waals surface area contributed by atoms with Crippen molar-refractivity contribution in [2.24, 2.45) is 5.73 Å². The van der Waals surface area contributed by atoms with E-state index in [9.17, 15) is 19.5 Å². The van der Waals surface area contributed by atoms with Crippen molar-refractivity contribution in [1.82, 2.24) is 5.32 Å². The topological polar surface area (TPSA) is 132 Å². The molecular formula is C21H20N2O6. The Labute approximate surface area is 165 Å². The normalized spacial score (nSPS) is 12.9. The number of primary amides is 1. The molecule has 0 spiro atoms. The minimum Gasteiger partial charge on any atom is -0.497 e. The van der Waals surface area contributed by atoms with E-state index in [1.54, 1.807) is 48.5 Å². The second-order valence-electron chi connectivity index (χ2n) is 6.43. The van der Waals surface area contributed by atoms with Gasteiger partial charge in [0.1, 0.15) is 17.4 Å². The van der Waals surface area contributed by atoms with Crippen LogP contribution in [0.3, 0.4) is 0 Å². The summed E-state index contributed by atoms with van der Waals surface area (Å²) in [6, 6.07) is 13.3. The zero-order valence-electron chi connectivity index (χ0n) is 15.6. The lowest BCUT2D eigenvalue weighted by Gasteiger charge is -2.19. The number of nitrogens with two attached hydrogens (primary N) is 1. The number of ether oxygens (including phenoxy) is 1. The van der Waals surface area contributed by atoms with Crippen LogP contribution >= 0.6 is 0 Å². The molecule has 29 heavy (non-hydrogen) atoms. The van der Waals surface area contributed by atoms with Gasteiger partial charge in [-0.15, -0.1) is 0 Å². The summed E-state index contributed by atoms with van der Waals surface area (Å²) in [5.74, 6) is -1.06. The lowest BCUT2D eigenvalue weighted by atomic mass is 10.0. The smallest absolute Gasteiger partial charge is 0.336 e. The molecule has 2 aromatic carbocycles. The maximum absolute atomic E-state index is 12.4. The molecule has 0 aliphatic rings. The van der Waals surface area contributed by atoms with E-state index in [-0.39, 0.29) is 12.0 Å². The first-order valence-electron chi connectivity index (χ1n) is 8.82. The van der Waals surface area contributed by atoms with Crippen molar-refractivity contribution in [3.63, 3.8) is 0 Å². The fourth-order valence-electron chi connectivity index (χ4n) is 2.99. The van der Waals surface area contributed by atoms with Crippen LogP contribution in [0.5, 0.6) is 5.75 Å². The van der Waals surface area contributed by atoms with Gasteiger partial charge in [-0.2, -0.15) is 0 Å². The Bertz CT molecular complexity index is 1090. The number of rotatable bonds is 7. The van der Waals surface area contributed by atoms with Crippen LogP contribution in [-0.2, 0) is 16.0 Å². The van der Waals surface area contributed by atoms with E-state index < -0.39 is 29.6 Å². The number of hydrogen-bond donors (Lipinski definition) is 3. The number of hydrogen-bond acceptors (Lipinski definition) is 6. The summed E-state index contributed by atoms with van der Waals surface area (Å²) in [5, 5.41) is 13.2. The first-order chi connectivity index (χ1) is 13.9. The van der Waals surface area contributed by atoms with Gasteiger partial charge in [-0.25, -0.2) is 4.79 Å². The Morgan fingerprint density at radius 2 is 1.90 bits per heavy atom. The quantitative estimate of drug-likeness (QED) is 0.512. The van der Waals surface area contributed by atoms with E-state index in [2.05, 4.69) is 5.32 Å². The molecule has 0 saturated carbocycles. The Morgan fingerprint density at radius 3 is 2.55 bits per heavy atom. The van der Waals surface area contributed by atoms with Crippen molar-refractivity contribution >= 4 is 22.8 Å². The van der Waals surface area contributed by atoms with Gasteiger partial charge in [-0.1, -0.05) is 30.3 Å². The highest BCUT2D eigenvalue weighted by Gasteiger charge is 2.25. The van der Waals surface area contributed by atoms with Gasteiger partial charge < -0.3 is 25.3 Å². The molecular weight excluding hydrogens is 376 g/mol. The third-order valence-corrected chi connectivity index (χ3v) is 4.48. The van der Waals surface area contributed by atoms with Crippen LogP contribution in [0.25, 0.3) is 11.0 Å². The number of aliphatic hydroxyl groups excluding tert-OH is 1. The van der Waals surface area contributed by atoms with Crippen LogP contribution in [0.4, 0.5) is 0 Å². The van der Waals surface area contributed by atoms with Gasteiger partial charge >= 0.3 is 5.63 Å². The van der Waals surface area contributed by atoms with Crippen LogP contribution in [-0.4, -0.2) is 30.1 Å². The fourth-order valence-corrected chi connectivity index (χ4v) is 2.99. The van der Waals surface area contributed by atoms with Crippen molar-refractivity contribution in [2.45, 2.75) is 18.6 Å². The molecule has 4 N–H and O–H groups in total. The average Bonchev–Trinajstić information content (AvgIpc) is 2.72. The Morgan fingerprint density at radius 1 is 1.17 bits per heavy atom. The zero-order chi connectivity index (χ0) is 21.0. The van der Waals surface area contributed by atoms with Crippen LogP contribution in [0, 0.1) is 0 Å². The van der Waals surface area contributed by atoms with Gasteiger partial charge in [0.25, 0.3) is 5.91 Å². The maximum atomic E-state index is 12.4. The lowest BCUT2D eigenvalue weighted by molar-refractivity contribution is -0.133. The predicted molar refractivity (Wildman–Crippen MR) is 105 cm³/mol. The van der Waals surface area contributed by atoms with Gasteiger partial charge in [0.2, 0.25) is 5.91 Å². The second kappa shape index (κ2) is 8.57. The van der Waals surface area contributed by atoms with E-state index in [0.29, 0.717) is 22.3 Å². The van der Waals surface area contributed by atoms with Crippen molar-refractivity contribution in [3.8, 4) is 5.75 Å². The Kier molecular flexibility index (Phi) is 5.94. The summed E-state index contributed by atoms with van der Waals surface area (Å²) < 4.78 is 10.3. The molecule has 2 amide bonds. The first kappa shape index (κ1) is 20.1. The van der Waals surface area contributed by atoms with Gasteiger partial charge in [-0.3, -0.25) is 9.59 Å². The summed E-state index contributed by atoms with van der Waals surface area (Å²) in [4.78, 5) is 36.2. The molecule has 1 aromatic heterocycles. The highest BCUT2D eigenvalue weighted by Crippen LogP contribution is 2.23. The van der Waals surface area contributed by atoms with Crippen LogP contribution in [0.15, 0.2) is 63.8 Å². The first-order valence-corrected chi connectivity index (χ1v) is 8.82. The summed E-state index contributed by atoms with van der Waals surface area (Å²) in [7, 11) is 1.49. The van der Waals surface area contributed by atoms with Crippen molar-refractivity contribution in [3.05, 3.63) is 76.1 Å². The van der Waals surface area contributed by atoms with Gasteiger partial charge in [0.15, 0.2) is 6.10 Å². The number of methoxy groups -OCH3 is 1. The van der Waals surface area contributed by atoms with E-state index in [1.165, 1.54) is 13.2 Å². The molecule has 0 bridgehead atoms. The molecule has 2 atom stereocenters. The SMILES string of the molecule is COc1ccc2c(C[C@@H](NC(=O)[C@@H](O)c3ccccc3)C(N)=O)cc(=O)oc2c1. The molecule has 0 saturated heterocycles. The van der Waals surface area contributed by atoms with Crippen molar-refractivity contribution in [2.75, 3.05) is 7.11 Å². The predicted octanol–water partition coefficient (Wildman–Crippen LogP) is 1.05. The molecule has 0 radical (unpaired) electrons. The Balaban J connectivity index is 1.87. The molecule has 0 unspecified atom stereocenters. The van der Waals surface area contributed by atoms with Crippen molar-refractivity contribution < 1.29 is 23.8 Å². The van der Waals surface area contributed by atoms with Gasteiger partial charge in [-0.05, 0) is 23.3 Å². The number of benzene rings is 2. The highest BCUT2D eigenvalue weighted by atomic mass is 16.5. The summed E-state index contributed by atoms with van der Waals surface area (Å²) in [6.45, 7) is 0. The summed E-state index contributed by atoms with van der Waals surface area (Å²) >= 11 is 0. The summed E-state index contributed by atoms with van der Waals surface area (Å²) in [5.41, 5.74) is 5.96. The largest absolute Gasteiger partial charge is 0.497 e. The number of carbonyl (C=O) groups excluding carboxylic acids is 2. The van der Waals surface area contributed by atoms with Gasteiger partial charge in [0.05, 0.1) is 7.11 Å². The Hall–Kier alpha value is -3.65. The molecule has 8 nitrogen and oxygen atoms in total. The monoisotopic (exact) mass is 396 g/mol.